The van der Waals surface area contributed by atoms with Gasteiger partial charge in [-0.2, -0.15) is 0 Å². The largest absolute Gasteiger partial charge is 0.381 e. The van der Waals surface area contributed by atoms with Crippen molar-refractivity contribution >= 4 is 23.2 Å². The smallest absolute Gasteiger partial charge is 0.248 e. The molecule has 110 valence electrons. The molecule has 0 saturated carbocycles. The van der Waals surface area contributed by atoms with Crippen molar-refractivity contribution in [3.63, 3.8) is 0 Å². The van der Waals surface area contributed by atoms with Crippen LogP contribution in [0.25, 0.3) is 0 Å². The molecule has 2 atom stereocenters. The Labute approximate surface area is 125 Å². The molecule has 1 aliphatic rings. The molecule has 0 bridgehead atoms. The number of nitrogens with one attached hydrogen (secondary N) is 1. The Bertz CT molecular complexity index is 492. The first kappa shape index (κ1) is 15.1. The summed E-state index contributed by atoms with van der Waals surface area (Å²) in [4.78, 5) is 13.6. The molecule has 1 fully saturated rings. The van der Waals surface area contributed by atoms with Crippen molar-refractivity contribution in [2.45, 2.75) is 25.8 Å². The van der Waals surface area contributed by atoms with Crippen molar-refractivity contribution in [2.75, 3.05) is 25.5 Å². The molecule has 2 unspecified atom stereocenters. The molecule has 1 saturated heterocycles. The number of nitrogens with two attached hydrogens (primary N) is 1. The highest BCUT2D eigenvalue weighted by Gasteiger charge is 2.23. The molecular weight excluding hydrogens is 274 g/mol. The Kier molecular flexibility index (Phi) is 4.89. The minimum absolute atomic E-state index is 0.304. The van der Waals surface area contributed by atoms with Crippen molar-refractivity contribution in [1.82, 2.24) is 4.90 Å². The van der Waals surface area contributed by atoms with Crippen LogP contribution in [-0.2, 0) is 0 Å². The van der Waals surface area contributed by atoms with Gasteiger partial charge in [-0.05, 0) is 57.5 Å². The molecule has 1 aromatic rings. The Morgan fingerprint density at radius 2 is 2.30 bits per heavy atom. The average Bonchev–Trinajstić information content (AvgIpc) is 2.41. The molecule has 0 radical (unpaired) electrons. The molecule has 0 aliphatic carbocycles. The van der Waals surface area contributed by atoms with E-state index in [1.807, 2.05) is 0 Å². The summed E-state index contributed by atoms with van der Waals surface area (Å²) in [6, 6.07) is 5.39. The van der Waals surface area contributed by atoms with Crippen LogP contribution >= 0.6 is 11.6 Å². The Morgan fingerprint density at radius 1 is 1.55 bits per heavy atom. The average molecular weight is 296 g/mol. The molecule has 0 spiro atoms. The van der Waals surface area contributed by atoms with Crippen LogP contribution in [-0.4, -0.2) is 37.0 Å². The zero-order valence-electron chi connectivity index (χ0n) is 12.0. The first-order chi connectivity index (χ1) is 9.47. The lowest BCUT2D eigenvalue weighted by Gasteiger charge is -2.34. The maximum atomic E-state index is 11.2. The fourth-order valence-corrected chi connectivity index (χ4v) is 2.94. The summed E-state index contributed by atoms with van der Waals surface area (Å²) in [6.45, 7) is 4.42. The number of piperidine rings is 1. The van der Waals surface area contributed by atoms with Gasteiger partial charge in [0.05, 0.1) is 10.7 Å². The number of hydrogen-bond acceptors (Lipinski definition) is 3. The lowest BCUT2D eigenvalue weighted by molar-refractivity contribution is 0.100. The summed E-state index contributed by atoms with van der Waals surface area (Å²) in [5.74, 6) is 0.150. The summed E-state index contributed by atoms with van der Waals surface area (Å²) < 4.78 is 0. The fraction of sp³-hybridized carbons (Fsp3) is 0.533. The number of rotatable bonds is 4. The van der Waals surface area contributed by atoms with Crippen molar-refractivity contribution in [3.8, 4) is 0 Å². The number of benzene rings is 1. The van der Waals surface area contributed by atoms with E-state index in [0.717, 1.165) is 12.2 Å². The number of carbonyl (C=O) groups excluding carboxylic acids is 1. The molecular formula is C15H22ClN3O. The number of amides is 1. The summed E-state index contributed by atoms with van der Waals surface area (Å²) >= 11 is 6.19. The van der Waals surface area contributed by atoms with E-state index in [0.29, 0.717) is 22.5 Å². The summed E-state index contributed by atoms with van der Waals surface area (Å²) in [7, 11) is 2.15. The number of likely N-dealkylation sites (tertiary alicyclic amines) is 1. The van der Waals surface area contributed by atoms with Crippen molar-refractivity contribution in [3.05, 3.63) is 28.8 Å². The third kappa shape index (κ3) is 3.64. The van der Waals surface area contributed by atoms with E-state index in [9.17, 15) is 4.79 Å². The van der Waals surface area contributed by atoms with Gasteiger partial charge in [-0.3, -0.25) is 4.79 Å². The van der Waals surface area contributed by atoms with Crippen molar-refractivity contribution < 1.29 is 4.79 Å². The second-order valence-corrected chi connectivity index (χ2v) is 6.06. The molecule has 1 aliphatic heterocycles. The van der Waals surface area contributed by atoms with Crippen LogP contribution in [0.4, 0.5) is 5.69 Å². The molecule has 0 aromatic heterocycles. The van der Waals surface area contributed by atoms with Gasteiger partial charge in [0.15, 0.2) is 0 Å². The van der Waals surface area contributed by atoms with Crippen molar-refractivity contribution in [2.24, 2.45) is 11.7 Å². The van der Waals surface area contributed by atoms with Crippen LogP contribution in [0.3, 0.4) is 0 Å². The third-order valence-electron chi connectivity index (χ3n) is 4.00. The summed E-state index contributed by atoms with van der Waals surface area (Å²) in [6.07, 6.45) is 2.44. The normalized spacial score (nSPS) is 21.4. The lowest BCUT2D eigenvalue weighted by atomic mass is 9.91. The van der Waals surface area contributed by atoms with Crippen LogP contribution in [0.5, 0.6) is 0 Å². The predicted octanol–water partition coefficient (Wildman–Crippen LogP) is 2.58. The lowest BCUT2D eigenvalue weighted by Crippen LogP contribution is -2.39. The first-order valence-corrected chi connectivity index (χ1v) is 7.39. The fourth-order valence-electron chi connectivity index (χ4n) is 2.77. The molecule has 20 heavy (non-hydrogen) atoms. The molecule has 1 aromatic carbocycles. The van der Waals surface area contributed by atoms with Crippen LogP contribution in [0.15, 0.2) is 18.2 Å². The van der Waals surface area contributed by atoms with Gasteiger partial charge in [-0.15, -0.1) is 0 Å². The zero-order chi connectivity index (χ0) is 14.7. The van der Waals surface area contributed by atoms with E-state index in [1.165, 1.54) is 19.4 Å². The first-order valence-electron chi connectivity index (χ1n) is 7.02. The standard InChI is InChI=1S/C15H22ClN3O/c1-10(12-4-3-7-19(2)9-12)18-14-8-11(15(17)20)5-6-13(14)16/h5-6,8,10,12,18H,3-4,7,9H2,1-2H3,(H2,17,20). The SMILES string of the molecule is CC(Nc1cc(C(N)=O)ccc1Cl)C1CCCN(C)C1. The number of primary amides is 1. The summed E-state index contributed by atoms with van der Waals surface area (Å²) in [5, 5.41) is 4.05. The molecule has 1 amide bonds. The number of nitrogens with zero attached hydrogens (tertiary/aromatic N) is 1. The minimum atomic E-state index is -0.435. The van der Waals surface area contributed by atoms with E-state index < -0.39 is 5.91 Å². The van der Waals surface area contributed by atoms with Gasteiger partial charge in [0.1, 0.15) is 0 Å². The second kappa shape index (κ2) is 6.46. The number of carbonyl (C=O) groups is 1. The van der Waals surface area contributed by atoms with Crippen LogP contribution < -0.4 is 11.1 Å². The van der Waals surface area contributed by atoms with Crippen molar-refractivity contribution in [1.29, 1.82) is 0 Å². The number of hydrogen-bond donors (Lipinski definition) is 2. The third-order valence-corrected chi connectivity index (χ3v) is 4.33. The van der Waals surface area contributed by atoms with Gasteiger partial charge in [-0.1, -0.05) is 11.6 Å². The highest BCUT2D eigenvalue weighted by Crippen LogP contribution is 2.27. The number of anilines is 1. The van der Waals surface area contributed by atoms with Crippen LogP contribution in [0.1, 0.15) is 30.1 Å². The van der Waals surface area contributed by atoms with Gasteiger partial charge in [0.2, 0.25) is 5.91 Å². The quantitative estimate of drug-likeness (QED) is 0.897. The van der Waals surface area contributed by atoms with E-state index in [-0.39, 0.29) is 0 Å². The van der Waals surface area contributed by atoms with E-state index in [4.69, 9.17) is 17.3 Å². The molecule has 5 heteroatoms. The highest BCUT2D eigenvalue weighted by atomic mass is 35.5. The van der Waals surface area contributed by atoms with Gasteiger partial charge in [0, 0.05) is 18.2 Å². The predicted molar refractivity (Wildman–Crippen MR) is 83.3 cm³/mol. The number of halogens is 1. The minimum Gasteiger partial charge on any atom is -0.381 e. The second-order valence-electron chi connectivity index (χ2n) is 5.66. The molecule has 4 nitrogen and oxygen atoms in total. The van der Waals surface area contributed by atoms with Crippen LogP contribution in [0, 0.1) is 5.92 Å². The maximum Gasteiger partial charge on any atom is 0.248 e. The van der Waals surface area contributed by atoms with Gasteiger partial charge in [-0.25, -0.2) is 0 Å². The highest BCUT2D eigenvalue weighted by molar-refractivity contribution is 6.33. The Hall–Kier alpha value is -1.26. The summed E-state index contributed by atoms with van der Waals surface area (Å²) in [5.41, 5.74) is 6.57. The van der Waals surface area contributed by atoms with Crippen LogP contribution in [0.2, 0.25) is 5.02 Å². The Balaban J connectivity index is 2.08. The van der Waals surface area contributed by atoms with E-state index in [2.05, 4.69) is 24.2 Å². The maximum absolute atomic E-state index is 11.2. The van der Waals surface area contributed by atoms with Gasteiger partial charge >= 0.3 is 0 Å². The molecule has 2 rings (SSSR count). The monoisotopic (exact) mass is 295 g/mol. The molecule has 3 N–H and O–H groups in total. The zero-order valence-corrected chi connectivity index (χ0v) is 12.8. The molecule has 1 heterocycles. The van der Waals surface area contributed by atoms with E-state index >= 15 is 0 Å². The topological polar surface area (TPSA) is 58.4 Å². The van der Waals surface area contributed by atoms with E-state index in [1.54, 1.807) is 18.2 Å². The van der Waals surface area contributed by atoms with Gasteiger partial charge in [0.25, 0.3) is 0 Å². The van der Waals surface area contributed by atoms with Gasteiger partial charge < -0.3 is 16.0 Å². The Morgan fingerprint density at radius 3 is 2.95 bits per heavy atom.